The number of halogens is 1. The first-order valence-corrected chi connectivity index (χ1v) is 10.5. The highest BCUT2D eigenvalue weighted by Gasteiger charge is 2.19. The summed E-state index contributed by atoms with van der Waals surface area (Å²) in [5, 5.41) is 3.79. The van der Waals surface area contributed by atoms with E-state index in [1.54, 1.807) is 37.3 Å². The van der Waals surface area contributed by atoms with Crippen molar-refractivity contribution in [2.75, 3.05) is 6.54 Å². The highest BCUT2D eigenvalue weighted by molar-refractivity contribution is 6.30. The van der Waals surface area contributed by atoms with Crippen LogP contribution in [0.3, 0.4) is 0 Å². The molecule has 0 aliphatic rings. The van der Waals surface area contributed by atoms with Crippen molar-refractivity contribution < 1.29 is 23.5 Å². The first-order valence-electron chi connectivity index (χ1n) is 10.1. The summed E-state index contributed by atoms with van der Waals surface area (Å²) in [4.78, 5) is 36.9. The Kier molecular flexibility index (Phi) is 7.20. The van der Waals surface area contributed by atoms with Crippen LogP contribution in [0.4, 0.5) is 0 Å². The summed E-state index contributed by atoms with van der Waals surface area (Å²) in [6, 6.07) is 11.1. The molecule has 1 aromatic heterocycles. The molecule has 0 saturated heterocycles. The van der Waals surface area contributed by atoms with Gasteiger partial charge in [0.1, 0.15) is 22.6 Å². The van der Waals surface area contributed by atoms with Crippen LogP contribution >= 0.6 is 11.6 Å². The third-order valence-corrected chi connectivity index (χ3v) is 4.85. The number of hydrogen-bond donors (Lipinski definition) is 1. The van der Waals surface area contributed by atoms with Crippen LogP contribution in [0.15, 0.2) is 51.7 Å². The second-order valence-corrected chi connectivity index (χ2v) is 8.28. The van der Waals surface area contributed by atoms with Gasteiger partial charge in [0.15, 0.2) is 6.10 Å². The lowest BCUT2D eigenvalue weighted by molar-refractivity contribution is -0.141. The van der Waals surface area contributed by atoms with Crippen molar-refractivity contribution in [2.24, 2.45) is 5.92 Å². The minimum atomic E-state index is -0.885. The number of ether oxygens (including phenoxy) is 2. The Labute approximate surface area is 190 Å². The molecule has 1 atom stereocenters. The Bertz CT molecular complexity index is 1220. The fourth-order valence-electron chi connectivity index (χ4n) is 2.89. The number of rotatable bonds is 7. The molecule has 7 nitrogen and oxygen atoms in total. The van der Waals surface area contributed by atoms with E-state index in [0.717, 1.165) is 5.56 Å². The molecule has 1 heterocycles. The highest BCUT2D eigenvalue weighted by Crippen LogP contribution is 2.24. The van der Waals surface area contributed by atoms with Crippen molar-refractivity contribution in [2.45, 2.75) is 33.8 Å². The van der Waals surface area contributed by atoms with Gasteiger partial charge >= 0.3 is 11.6 Å². The minimum Gasteiger partial charge on any atom is -0.479 e. The first kappa shape index (κ1) is 23.3. The van der Waals surface area contributed by atoms with Crippen LogP contribution in [-0.4, -0.2) is 24.5 Å². The van der Waals surface area contributed by atoms with E-state index >= 15 is 0 Å². The Balaban J connectivity index is 1.73. The van der Waals surface area contributed by atoms with E-state index in [-0.39, 0.29) is 22.8 Å². The van der Waals surface area contributed by atoms with Gasteiger partial charge in [0.2, 0.25) is 0 Å². The maximum atomic E-state index is 12.4. The number of hydrogen-bond acceptors (Lipinski definition) is 6. The number of esters is 1. The normalized spacial score (nSPS) is 11.9. The second kappa shape index (κ2) is 9.87. The molecule has 0 saturated carbocycles. The molecule has 0 aliphatic carbocycles. The molecule has 3 rings (SSSR count). The molecule has 168 valence electrons. The van der Waals surface area contributed by atoms with Crippen LogP contribution in [0.1, 0.15) is 36.7 Å². The van der Waals surface area contributed by atoms with Crippen molar-refractivity contribution >= 4 is 34.4 Å². The van der Waals surface area contributed by atoms with E-state index < -0.39 is 23.6 Å². The van der Waals surface area contributed by atoms with Crippen LogP contribution in [-0.2, 0) is 4.79 Å². The molecule has 0 bridgehead atoms. The Morgan fingerprint density at radius 2 is 1.84 bits per heavy atom. The smallest absolute Gasteiger partial charge is 0.352 e. The number of fused-ring (bicyclic) bond motifs is 1. The van der Waals surface area contributed by atoms with Gasteiger partial charge in [0.25, 0.3) is 5.91 Å². The van der Waals surface area contributed by atoms with Gasteiger partial charge in [0.05, 0.1) is 0 Å². The zero-order valence-corrected chi connectivity index (χ0v) is 19.0. The Morgan fingerprint density at radius 1 is 1.09 bits per heavy atom. The highest BCUT2D eigenvalue weighted by atomic mass is 35.5. The van der Waals surface area contributed by atoms with Gasteiger partial charge in [-0.15, -0.1) is 0 Å². The van der Waals surface area contributed by atoms with Crippen LogP contribution in [0.2, 0.25) is 5.02 Å². The molecule has 1 unspecified atom stereocenters. The zero-order valence-electron chi connectivity index (χ0n) is 18.2. The summed E-state index contributed by atoms with van der Waals surface area (Å²) in [6.07, 6.45) is -0.885. The predicted molar refractivity (Wildman–Crippen MR) is 122 cm³/mol. The lowest BCUT2D eigenvalue weighted by Crippen LogP contribution is -2.31. The SMILES string of the molecule is Cc1cc(Cl)ccc1OC(C)C(=O)Oc1ccc2cc(C(=O)NCC(C)C)c(=O)oc2c1. The van der Waals surface area contributed by atoms with Gasteiger partial charge in [-0.2, -0.15) is 0 Å². The van der Waals surface area contributed by atoms with Gasteiger partial charge in [0, 0.05) is 23.0 Å². The average Bonchev–Trinajstić information content (AvgIpc) is 2.73. The molecule has 0 aliphatic heterocycles. The fraction of sp³-hybridized carbons (Fsp3) is 0.292. The lowest BCUT2D eigenvalue weighted by Gasteiger charge is -2.15. The standard InChI is InChI=1S/C24H24ClNO6/c1-13(2)12-26-22(27)19-10-16-5-7-18(11-21(16)32-24(19)29)31-23(28)15(4)30-20-8-6-17(25)9-14(20)3/h5-11,13,15H,12H2,1-4H3,(H,26,27). The van der Waals surface area contributed by atoms with E-state index in [4.69, 9.17) is 25.5 Å². The molecule has 1 amide bonds. The van der Waals surface area contributed by atoms with Crippen molar-refractivity contribution in [1.82, 2.24) is 5.32 Å². The summed E-state index contributed by atoms with van der Waals surface area (Å²) in [5.74, 6) is -0.157. The number of aryl methyl sites for hydroxylation is 1. The molecule has 3 aromatic rings. The van der Waals surface area contributed by atoms with E-state index in [2.05, 4.69) is 5.32 Å². The van der Waals surface area contributed by atoms with E-state index in [9.17, 15) is 14.4 Å². The Hall–Kier alpha value is -3.32. The molecule has 0 spiro atoms. The summed E-state index contributed by atoms with van der Waals surface area (Å²) < 4.78 is 16.3. The van der Waals surface area contributed by atoms with E-state index in [0.29, 0.717) is 22.7 Å². The largest absolute Gasteiger partial charge is 0.479 e. The zero-order chi connectivity index (χ0) is 23.4. The number of amides is 1. The third kappa shape index (κ3) is 5.68. The quantitative estimate of drug-likeness (QED) is 0.318. The number of benzene rings is 2. The van der Waals surface area contributed by atoms with Crippen molar-refractivity contribution in [3.05, 3.63) is 69.0 Å². The van der Waals surface area contributed by atoms with Crippen LogP contribution in [0.25, 0.3) is 11.0 Å². The molecule has 2 aromatic carbocycles. The topological polar surface area (TPSA) is 94.8 Å². The molecule has 32 heavy (non-hydrogen) atoms. The summed E-state index contributed by atoms with van der Waals surface area (Å²) in [5.41, 5.74) is 0.140. The van der Waals surface area contributed by atoms with Crippen molar-refractivity contribution in [3.8, 4) is 11.5 Å². The Morgan fingerprint density at radius 3 is 2.53 bits per heavy atom. The monoisotopic (exact) mass is 457 g/mol. The maximum absolute atomic E-state index is 12.4. The second-order valence-electron chi connectivity index (χ2n) is 7.84. The molecule has 1 N–H and O–H groups in total. The summed E-state index contributed by atoms with van der Waals surface area (Å²) in [6.45, 7) is 7.74. The van der Waals surface area contributed by atoms with Crippen LogP contribution in [0.5, 0.6) is 11.5 Å². The third-order valence-electron chi connectivity index (χ3n) is 4.61. The van der Waals surface area contributed by atoms with Gasteiger partial charge in [-0.1, -0.05) is 25.4 Å². The first-order chi connectivity index (χ1) is 15.1. The van der Waals surface area contributed by atoms with Crippen LogP contribution < -0.4 is 20.4 Å². The number of carbonyl (C=O) groups excluding carboxylic acids is 2. The summed E-state index contributed by atoms with van der Waals surface area (Å²) in [7, 11) is 0. The molecule has 8 heteroatoms. The van der Waals surface area contributed by atoms with Gasteiger partial charge in [-0.3, -0.25) is 4.79 Å². The molecular weight excluding hydrogens is 434 g/mol. The maximum Gasteiger partial charge on any atom is 0.352 e. The number of nitrogens with one attached hydrogen (secondary N) is 1. The van der Waals surface area contributed by atoms with Gasteiger partial charge in [-0.05, 0) is 61.7 Å². The molecule has 0 radical (unpaired) electrons. The summed E-state index contributed by atoms with van der Waals surface area (Å²) >= 11 is 5.94. The predicted octanol–water partition coefficient (Wildman–Crippen LogP) is 4.51. The van der Waals surface area contributed by atoms with Crippen molar-refractivity contribution in [3.63, 3.8) is 0 Å². The van der Waals surface area contributed by atoms with E-state index in [1.165, 1.54) is 12.1 Å². The molecule has 0 fully saturated rings. The fourth-order valence-corrected chi connectivity index (χ4v) is 3.11. The average molecular weight is 458 g/mol. The lowest BCUT2D eigenvalue weighted by atomic mass is 10.1. The van der Waals surface area contributed by atoms with Crippen molar-refractivity contribution in [1.29, 1.82) is 0 Å². The van der Waals surface area contributed by atoms with Gasteiger partial charge in [-0.25, -0.2) is 9.59 Å². The van der Waals surface area contributed by atoms with E-state index in [1.807, 2.05) is 20.8 Å². The van der Waals surface area contributed by atoms with Gasteiger partial charge < -0.3 is 19.2 Å². The number of carbonyl (C=O) groups is 2. The minimum absolute atomic E-state index is 0.0803. The van der Waals surface area contributed by atoms with Crippen LogP contribution in [0, 0.1) is 12.8 Å². The molecular formula is C24H24ClNO6.